The van der Waals surface area contributed by atoms with E-state index in [1.165, 1.54) is 11.8 Å². The van der Waals surface area contributed by atoms with Crippen molar-refractivity contribution in [1.29, 1.82) is 0 Å². The summed E-state index contributed by atoms with van der Waals surface area (Å²) in [6, 6.07) is 0. The minimum Gasteiger partial charge on any atom is -0.379 e. The van der Waals surface area contributed by atoms with Gasteiger partial charge in [0.25, 0.3) is 0 Å². The Bertz CT molecular complexity index is 125. The van der Waals surface area contributed by atoms with Crippen LogP contribution in [0.4, 0.5) is 0 Å². The summed E-state index contributed by atoms with van der Waals surface area (Å²) < 4.78 is 4.94. The fourth-order valence-corrected chi connectivity index (χ4v) is 0. The van der Waals surface area contributed by atoms with Gasteiger partial charge in [-0.05, 0) is 20.8 Å². The highest BCUT2D eigenvalue weighted by Gasteiger charge is 2.03. The molecule has 12 heavy (non-hydrogen) atoms. The molecule has 0 rings (SSSR count). The zero-order valence-electron chi connectivity index (χ0n) is 9.26. The zero-order chi connectivity index (χ0) is 10.4. The lowest BCUT2D eigenvalue weighted by molar-refractivity contribution is -0.126. The highest BCUT2D eigenvalue weighted by Crippen LogP contribution is 2.02. The summed E-state index contributed by atoms with van der Waals surface area (Å²) >= 11 is 0. The second kappa shape index (κ2) is 6.00. The number of hydrogen-bond acceptors (Lipinski definition) is 2. The summed E-state index contributed by atoms with van der Waals surface area (Å²) in [5, 5.41) is 0. The number of carbonyl (C=O) groups is 1. The summed E-state index contributed by atoms with van der Waals surface area (Å²) in [6.45, 7) is 7.59. The van der Waals surface area contributed by atoms with Crippen LogP contribution in [0.3, 0.4) is 0 Å². The van der Waals surface area contributed by atoms with Gasteiger partial charge in [0.05, 0.1) is 5.60 Å². The summed E-state index contributed by atoms with van der Waals surface area (Å²) in [4.78, 5) is 11.6. The lowest BCUT2D eigenvalue weighted by atomic mass is 10.2. The first-order chi connectivity index (χ1) is 5.20. The Labute approximate surface area is 75.7 Å². The van der Waals surface area contributed by atoms with Gasteiger partial charge in [-0.1, -0.05) is 0 Å². The van der Waals surface area contributed by atoms with Crippen LogP contribution in [0.2, 0.25) is 0 Å². The molecule has 0 aliphatic carbocycles. The van der Waals surface area contributed by atoms with Crippen molar-refractivity contribution < 1.29 is 9.53 Å². The molecule has 3 heteroatoms. The van der Waals surface area contributed by atoms with E-state index in [0.29, 0.717) is 0 Å². The van der Waals surface area contributed by atoms with E-state index >= 15 is 0 Å². The second-order valence-corrected chi connectivity index (χ2v) is 3.73. The Kier molecular flexibility index (Phi) is 6.99. The van der Waals surface area contributed by atoms with Gasteiger partial charge in [0.1, 0.15) is 0 Å². The first-order valence-corrected chi connectivity index (χ1v) is 3.93. The molecular formula is C9H21NO2. The predicted molar refractivity (Wildman–Crippen MR) is 51.1 cm³/mol. The number of rotatable bonds is 0. The minimum atomic E-state index is 0.0417. The van der Waals surface area contributed by atoms with Crippen molar-refractivity contribution in [1.82, 2.24) is 4.90 Å². The third kappa shape index (κ3) is 16.2. The Hall–Kier alpha value is -0.570. The topological polar surface area (TPSA) is 29.5 Å². The van der Waals surface area contributed by atoms with Crippen LogP contribution < -0.4 is 0 Å². The molecule has 0 aliphatic heterocycles. The molecule has 0 unspecified atom stereocenters. The van der Waals surface area contributed by atoms with Gasteiger partial charge in [0, 0.05) is 28.1 Å². The molecule has 0 bridgehead atoms. The van der Waals surface area contributed by atoms with Gasteiger partial charge >= 0.3 is 0 Å². The average molecular weight is 175 g/mol. The molecule has 74 valence electrons. The van der Waals surface area contributed by atoms with Gasteiger partial charge in [-0.25, -0.2) is 0 Å². The zero-order valence-corrected chi connectivity index (χ0v) is 9.26. The number of ether oxygens (including phenoxy) is 1. The molecule has 0 aromatic rings. The molecule has 3 nitrogen and oxygen atoms in total. The van der Waals surface area contributed by atoms with Crippen LogP contribution in [0.25, 0.3) is 0 Å². The predicted octanol–water partition coefficient (Wildman–Crippen LogP) is 1.53. The van der Waals surface area contributed by atoms with E-state index in [0.717, 1.165) is 0 Å². The fourth-order valence-electron chi connectivity index (χ4n) is 0. The van der Waals surface area contributed by atoms with Gasteiger partial charge < -0.3 is 9.64 Å². The van der Waals surface area contributed by atoms with Crippen LogP contribution in [0.15, 0.2) is 0 Å². The van der Waals surface area contributed by atoms with Crippen molar-refractivity contribution in [3.8, 4) is 0 Å². The molecule has 0 N–H and O–H groups in total. The Balaban J connectivity index is 0. The van der Waals surface area contributed by atoms with Crippen LogP contribution in [-0.4, -0.2) is 37.6 Å². The SMILES string of the molecule is CC(=O)N(C)C.COC(C)(C)C. The lowest BCUT2D eigenvalue weighted by Crippen LogP contribution is -2.17. The van der Waals surface area contributed by atoms with Crippen LogP contribution >= 0.6 is 0 Å². The number of amides is 1. The van der Waals surface area contributed by atoms with Crippen molar-refractivity contribution in [2.75, 3.05) is 21.2 Å². The number of hydrogen-bond donors (Lipinski definition) is 0. The maximum Gasteiger partial charge on any atom is 0.218 e. The standard InChI is InChI=1S/C5H12O.C4H9NO/c1-5(2,3)6-4;1-4(6)5(2)3/h1-4H3;1-3H3. The van der Waals surface area contributed by atoms with Crippen molar-refractivity contribution in [2.24, 2.45) is 0 Å². The molecule has 0 radical (unpaired) electrons. The maximum absolute atomic E-state index is 10.1. The summed E-state index contributed by atoms with van der Waals surface area (Å²) in [6.07, 6.45) is 0. The molecule has 0 spiro atoms. The highest BCUT2D eigenvalue weighted by atomic mass is 16.5. The number of nitrogens with zero attached hydrogens (tertiary/aromatic N) is 1. The molecule has 0 saturated heterocycles. The van der Waals surface area contributed by atoms with Crippen LogP contribution in [-0.2, 0) is 9.53 Å². The molecular weight excluding hydrogens is 154 g/mol. The van der Waals surface area contributed by atoms with E-state index in [4.69, 9.17) is 4.74 Å². The Morgan fingerprint density at radius 1 is 1.25 bits per heavy atom. The van der Waals surface area contributed by atoms with E-state index in [-0.39, 0.29) is 11.5 Å². The van der Waals surface area contributed by atoms with Gasteiger partial charge in [-0.3, -0.25) is 4.79 Å². The third-order valence-corrected chi connectivity index (χ3v) is 1.24. The van der Waals surface area contributed by atoms with Gasteiger partial charge in [-0.15, -0.1) is 0 Å². The Morgan fingerprint density at radius 3 is 1.42 bits per heavy atom. The van der Waals surface area contributed by atoms with Crippen molar-refractivity contribution >= 4 is 5.91 Å². The van der Waals surface area contributed by atoms with Crippen LogP contribution in [0, 0.1) is 0 Å². The van der Waals surface area contributed by atoms with E-state index in [1.54, 1.807) is 21.2 Å². The summed E-state index contributed by atoms with van der Waals surface area (Å²) in [7, 11) is 5.16. The van der Waals surface area contributed by atoms with E-state index in [2.05, 4.69) is 0 Å². The molecule has 0 saturated carbocycles. The van der Waals surface area contributed by atoms with Crippen LogP contribution in [0.1, 0.15) is 27.7 Å². The maximum atomic E-state index is 10.1. The van der Waals surface area contributed by atoms with Crippen LogP contribution in [0.5, 0.6) is 0 Å². The lowest BCUT2D eigenvalue weighted by Gasteiger charge is -2.14. The minimum absolute atomic E-state index is 0.0417. The summed E-state index contributed by atoms with van der Waals surface area (Å²) in [5.74, 6) is 0.0926. The Morgan fingerprint density at radius 2 is 1.42 bits per heavy atom. The first-order valence-electron chi connectivity index (χ1n) is 3.93. The normalized spacial score (nSPS) is 9.92. The number of carbonyl (C=O) groups excluding carboxylic acids is 1. The van der Waals surface area contributed by atoms with Crippen molar-refractivity contribution in [3.63, 3.8) is 0 Å². The molecule has 0 heterocycles. The molecule has 0 aromatic carbocycles. The second-order valence-electron chi connectivity index (χ2n) is 3.73. The van der Waals surface area contributed by atoms with Crippen molar-refractivity contribution in [3.05, 3.63) is 0 Å². The van der Waals surface area contributed by atoms with E-state index in [9.17, 15) is 4.79 Å². The average Bonchev–Trinajstić information content (AvgIpc) is 1.87. The fraction of sp³-hybridized carbons (Fsp3) is 0.889. The van der Waals surface area contributed by atoms with E-state index < -0.39 is 0 Å². The molecule has 1 amide bonds. The monoisotopic (exact) mass is 175 g/mol. The van der Waals surface area contributed by atoms with Gasteiger partial charge in [0.2, 0.25) is 5.91 Å². The summed E-state index contributed by atoms with van der Waals surface area (Å²) in [5.41, 5.74) is 0.0417. The molecule has 0 fully saturated rings. The quantitative estimate of drug-likeness (QED) is 0.558. The third-order valence-electron chi connectivity index (χ3n) is 1.24. The largest absolute Gasteiger partial charge is 0.379 e. The smallest absolute Gasteiger partial charge is 0.218 e. The highest BCUT2D eigenvalue weighted by molar-refractivity contribution is 5.72. The molecule has 0 atom stereocenters. The molecule has 0 aromatic heterocycles. The van der Waals surface area contributed by atoms with Gasteiger partial charge in [0.15, 0.2) is 0 Å². The molecule has 0 aliphatic rings. The van der Waals surface area contributed by atoms with Gasteiger partial charge in [-0.2, -0.15) is 0 Å². The number of methoxy groups -OCH3 is 1. The van der Waals surface area contributed by atoms with E-state index in [1.807, 2.05) is 20.8 Å². The van der Waals surface area contributed by atoms with Crippen molar-refractivity contribution in [2.45, 2.75) is 33.3 Å². The first kappa shape index (κ1) is 14.0.